The van der Waals surface area contributed by atoms with Crippen LogP contribution in [0.2, 0.25) is 0 Å². The van der Waals surface area contributed by atoms with Gasteiger partial charge in [-0.05, 0) is 48.5 Å². The van der Waals surface area contributed by atoms with Gasteiger partial charge in [-0.25, -0.2) is 4.79 Å². The van der Waals surface area contributed by atoms with Crippen LogP contribution < -0.4 is 25.4 Å². The van der Waals surface area contributed by atoms with E-state index < -0.39 is 12.1 Å². The van der Waals surface area contributed by atoms with Crippen molar-refractivity contribution in [1.82, 2.24) is 5.32 Å². The molecule has 3 aromatic carbocycles. The van der Waals surface area contributed by atoms with E-state index >= 15 is 0 Å². The molecule has 0 spiro atoms. The number of hydrogen-bond acceptors (Lipinski definition) is 5. The van der Waals surface area contributed by atoms with E-state index in [1.165, 1.54) is 14.2 Å². The van der Waals surface area contributed by atoms with Crippen molar-refractivity contribution >= 4 is 23.3 Å². The Morgan fingerprint density at radius 1 is 0.875 bits per heavy atom. The van der Waals surface area contributed by atoms with Gasteiger partial charge >= 0.3 is 6.03 Å². The van der Waals surface area contributed by atoms with E-state index in [0.717, 1.165) is 0 Å². The largest absolute Gasteiger partial charge is 0.497 e. The molecule has 0 aliphatic carbocycles. The van der Waals surface area contributed by atoms with Gasteiger partial charge in [0.05, 0.1) is 14.2 Å². The molecule has 166 valence electrons. The lowest BCUT2D eigenvalue weighted by Crippen LogP contribution is -2.32. The van der Waals surface area contributed by atoms with Gasteiger partial charge in [-0.2, -0.15) is 0 Å². The lowest BCUT2D eigenvalue weighted by molar-refractivity contribution is 0.102. The van der Waals surface area contributed by atoms with Crippen LogP contribution in [0.4, 0.5) is 16.2 Å². The number of carbonyl (C=O) groups is 2. The summed E-state index contributed by atoms with van der Waals surface area (Å²) in [7, 11) is 3.03. The minimum absolute atomic E-state index is 0.0419. The monoisotopic (exact) mass is 435 g/mol. The highest BCUT2D eigenvalue weighted by atomic mass is 16.5. The zero-order chi connectivity index (χ0) is 22.9. The van der Waals surface area contributed by atoms with E-state index in [1.54, 1.807) is 66.7 Å². The van der Waals surface area contributed by atoms with Gasteiger partial charge in [0, 0.05) is 29.0 Å². The molecule has 3 aromatic rings. The van der Waals surface area contributed by atoms with Gasteiger partial charge in [0.1, 0.15) is 17.6 Å². The zero-order valence-electron chi connectivity index (χ0n) is 17.8. The number of nitrogens with one attached hydrogen (secondary N) is 3. The van der Waals surface area contributed by atoms with Crippen LogP contribution in [0.1, 0.15) is 22.0 Å². The molecule has 1 unspecified atom stereocenters. The van der Waals surface area contributed by atoms with E-state index in [4.69, 9.17) is 9.47 Å². The van der Waals surface area contributed by atoms with Gasteiger partial charge in [0.15, 0.2) is 0 Å². The van der Waals surface area contributed by atoms with Crippen LogP contribution in [0, 0.1) is 0 Å². The number of benzene rings is 3. The van der Waals surface area contributed by atoms with Crippen LogP contribution in [0.3, 0.4) is 0 Å². The molecular formula is C24H25N3O5. The number of rotatable bonds is 8. The second-order valence-corrected chi connectivity index (χ2v) is 6.86. The first-order chi connectivity index (χ1) is 15.5. The summed E-state index contributed by atoms with van der Waals surface area (Å²) in [6.07, 6.45) is -0.998. The van der Waals surface area contributed by atoms with Gasteiger partial charge in [0.25, 0.3) is 5.91 Å². The first-order valence-corrected chi connectivity index (χ1v) is 9.91. The number of carbonyl (C=O) groups excluding carboxylic acids is 2. The van der Waals surface area contributed by atoms with Gasteiger partial charge in [-0.15, -0.1) is 0 Å². The first-order valence-electron chi connectivity index (χ1n) is 9.91. The maximum absolute atomic E-state index is 12.3. The third-order valence-electron chi connectivity index (χ3n) is 4.67. The average Bonchev–Trinajstić information content (AvgIpc) is 2.82. The Balaban J connectivity index is 1.57. The normalized spacial score (nSPS) is 11.2. The van der Waals surface area contributed by atoms with E-state index in [1.807, 2.05) is 6.07 Å². The van der Waals surface area contributed by atoms with Crippen LogP contribution in [0.25, 0.3) is 0 Å². The van der Waals surface area contributed by atoms with E-state index in [2.05, 4.69) is 16.0 Å². The van der Waals surface area contributed by atoms with Crippen molar-refractivity contribution in [3.63, 3.8) is 0 Å². The van der Waals surface area contributed by atoms with Crippen molar-refractivity contribution in [2.45, 2.75) is 6.10 Å². The van der Waals surface area contributed by atoms with E-state index in [0.29, 0.717) is 34.0 Å². The Labute approximate surface area is 186 Å². The molecule has 0 saturated heterocycles. The van der Waals surface area contributed by atoms with Crippen LogP contribution in [0.5, 0.6) is 11.5 Å². The number of aliphatic hydroxyl groups is 1. The van der Waals surface area contributed by atoms with Crippen LogP contribution in [0.15, 0.2) is 72.8 Å². The number of ether oxygens (including phenoxy) is 2. The molecule has 0 radical (unpaired) electrons. The summed E-state index contributed by atoms with van der Waals surface area (Å²) in [6, 6.07) is 20.2. The molecule has 0 aromatic heterocycles. The van der Waals surface area contributed by atoms with Crippen molar-refractivity contribution in [1.29, 1.82) is 0 Å². The smallest absolute Gasteiger partial charge is 0.319 e. The molecule has 4 N–H and O–H groups in total. The summed E-state index contributed by atoms with van der Waals surface area (Å²) in [4.78, 5) is 24.6. The number of amides is 3. The Morgan fingerprint density at radius 2 is 1.59 bits per heavy atom. The molecule has 8 heteroatoms. The minimum atomic E-state index is -0.998. The van der Waals surface area contributed by atoms with Crippen LogP contribution >= 0.6 is 0 Å². The Morgan fingerprint density at radius 3 is 2.28 bits per heavy atom. The van der Waals surface area contributed by atoms with Crippen molar-refractivity contribution in [3.05, 3.63) is 83.9 Å². The molecule has 0 aliphatic rings. The Hall–Kier alpha value is -4.04. The van der Waals surface area contributed by atoms with Gasteiger partial charge in [0.2, 0.25) is 0 Å². The lowest BCUT2D eigenvalue weighted by Gasteiger charge is -2.17. The number of urea groups is 1. The fourth-order valence-electron chi connectivity index (χ4n) is 3.04. The maximum atomic E-state index is 12.3. The second-order valence-electron chi connectivity index (χ2n) is 6.86. The van der Waals surface area contributed by atoms with E-state index in [-0.39, 0.29) is 12.5 Å². The Kier molecular flexibility index (Phi) is 7.66. The maximum Gasteiger partial charge on any atom is 0.319 e. The average molecular weight is 435 g/mol. The summed E-state index contributed by atoms with van der Waals surface area (Å²) in [6.45, 7) is -0.0419. The highest BCUT2D eigenvalue weighted by molar-refractivity contribution is 6.04. The molecular weight excluding hydrogens is 410 g/mol. The predicted molar refractivity (Wildman–Crippen MR) is 122 cm³/mol. The number of hydrogen-bond donors (Lipinski definition) is 4. The van der Waals surface area contributed by atoms with Crippen LogP contribution in [-0.2, 0) is 0 Å². The summed E-state index contributed by atoms with van der Waals surface area (Å²) in [5, 5.41) is 18.6. The third kappa shape index (κ3) is 5.99. The molecule has 0 bridgehead atoms. The predicted octanol–water partition coefficient (Wildman–Crippen LogP) is 3.81. The minimum Gasteiger partial charge on any atom is -0.497 e. The van der Waals surface area contributed by atoms with Crippen molar-refractivity contribution in [2.24, 2.45) is 0 Å². The molecule has 3 rings (SSSR count). The third-order valence-corrected chi connectivity index (χ3v) is 4.67. The molecule has 0 heterocycles. The summed E-state index contributed by atoms with van der Waals surface area (Å²) >= 11 is 0. The summed E-state index contributed by atoms with van der Waals surface area (Å²) < 4.78 is 10.4. The lowest BCUT2D eigenvalue weighted by atomic mass is 10.1. The highest BCUT2D eigenvalue weighted by Gasteiger charge is 2.16. The van der Waals surface area contributed by atoms with Crippen molar-refractivity contribution < 1.29 is 24.2 Å². The number of anilines is 2. The van der Waals surface area contributed by atoms with Gasteiger partial charge in [-0.3, -0.25) is 4.79 Å². The zero-order valence-corrected chi connectivity index (χ0v) is 17.8. The standard InChI is InChI=1S/C24H25N3O5/c1-31-19-11-12-22(32-2)20(14-19)21(28)15-25-24(30)27-18-10-6-9-17(13-18)26-23(29)16-7-4-3-5-8-16/h3-14,21,28H,15H2,1-2H3,(H,26,29)(H2,25,27,30). The first kappa shape index (κ1) is 22.6. The van der Waals surface area contributed by atoms with Gasteiger partial charge in [-0.1, -0.05) is 24.3 Å². The van der Waals surface area contributed by atoms with Crippen molar-refractivity contribution in [2.75, 3.05) is 31.4 Å². The number of methoxy groups -OCH3 is 2. The van der Waals surface area contributed by atoms with Crippen molar-refractivity contribution in [3.8, 4) is 11.5 Å². The fourth-order valence-corrected chi connectivity index (χ4v) is 3.04. The highest BCUT2D eigenvalue weighted by Crippen LogP contribution is 2.29. The summed E-state index contributed by atoms with van der Waals surface area (Å²) in [5.74, 6) is 0.809. The van der Waals surface area contributed by atoms with E-state index in [9.17, 15) is 14.7 Å². The molecule has 32 heavy (non-hydrogen) atoms. The second kappa shape index (κ2) is 10.8. The number of aliphatic hydroxyl groups excluding tert-OH is 1. The fraction of sp³-hybridized carbons (Fsp3) is 0.167. The van der Waals surface area contributed by atoms with Crippen LogP contribution in [-0.4, -0.2) is 37.8 Å². The SMILES string of the molecule is COc1ccc(OC)c(C(O)CNC(=O)Nc2cccc(NC(=O)c3ccccc3)c2)c1. The molecule has 0 aliphatic heterocycles. The molecule has 3 amide bonds. The quantitative estimate of drug-likeness (QED) is 0.430. The Bertz CT molecular complexity index is 1070. The summed E-state index contributed by atoms with van der Waals surface area (Å²) in [5.41, 5.74) is 2.06. The molecule has 1 atom stereocenters. The molecule has 0 saturated carbocycles. The topological polar surface area (TPSA) is 109 Å². The molecule has 8 nitrogen and oxygen atoms in total. The van der Waals surface area contributed by atoms with Gasteiger partial charge < -0.3 is 30.5 Å². The molecule has 0 fully saturated rings.